The molecule has 1 fully saturated rings. The molecule has 1 rings (SSSR count). The van der Waals surface area contributed by atoms with Gasteiger partial charge in [-0.15, -0.1) is 0 Å². The van der Waals surface area contributed by atoms with Gasteiger partial charge in [-0.3, -0.25) is 4.90 Å². The van der Waals surface area contributed by atoms with Crippen LogP contribution in [0.25, 0.3) is 0 Å². The summed E-state index contributed by atoms with van der Waals surface area (Å²) in [4.78, 5) is 2.40. The molecule has 1 aliphatic rings. The second kappa shape index (κ2) is 4.24. The maximum Gasteiger partial charge on any atom is 0.0584 e. The summed E-state index contributed by atoms with van der Waals surface area (Å²) in [6.07, 6.45) is 1.34. The van der Waals surface area contributed by atoms with Crippen LogP contribution in [0.2, 0.25) is 0 Å². The topological polar surface area (TPSA) is 23.5 Å². The van der Waals surface area contributed by atoms with E-state index in [-0.39, 0.29) is 0 Å². The van der Waals surface area contributed by atoms with Gasteiger partial charge in [-0.05, 0) is 25.2 Å². The highest BCUT2D eigenvalue weighted by atomic mass is 16.3. The molecule has 1 saturated heterocycles. The van der Waals surface area contributed by atoms with Crippen molar-refractivity contribution in [1.29, 1.82) is 0 Å². The van der Waals surface area contributed by atoms with E-state index in [1.54, 1.807) is 0 Å². The number of hydrogen-bond donors (Lipinski definition) is 1. The van der Waals surface area contributed by atoms with Crippen LogP contribution in [-0.4, -0.2) is 35.7 Å². The van der Waals surface area contributed by atoms with E-state index in [2.05, 4.69) is 25.7 Å². The van der Waals surface area contributed by atoms with E-state index in [4.69, 9.17) is 5.11 Å². The van der Waals surface area contributed by atoms with E-state index in [1.807, 2.05) is 0 Å². The maximum absolute atomic E-state index is 9.02. The predicted octanol–water partition coefficient (Wildman–Crippen LogP) is 1.35. The Morgan fingerprint density at radius 2 is 1.83 bits per heavy atom. The first kappa shape index (κ1) is 10.0. The molecule has 1 N–H and O–H groups in total. The fraction of sp³-hybridized carbons (Fsp3) is 1.00. The third kappa shape index (κ3) is 2.46. The van der Waals surface area contributed by atoms with Crippen LogP contribution in [0.1, 0.15) is 27.2 Å². The molecule has 1 heterocycles. The lowest BCUT2D eigenvalue weighted by Crippen LogP contribution is -2.45. The summed E-state index contributed by atoms with van der Waals surface area (Å²) in [7, 11) is 0. The number of aliphatic hydroxyl groups is 1. The number of hydrogen-bond acceptors (Lipinski definition) is 2. The van der Waals surface area contributed by atoms with Crippen LogP contribution in [0.3, 0.4) is 0 Å². The molecule has 2 heteroatoms. The number of piperidine rings is 1. The van der Waals surface area contributed by atoms with Crippen molar-refractivity contribution in [1.82, 2.24) is 4.90 Å². The normalized spacial score (nSPS) is 35.0. The average molecular weight is 171 g/mol. The van der Waals surface area contributed by atoms with Crippen molar-refractivity contribution in [3.8, 4) is 0 Å². The minimum absolute atomic E-state index is 0.291. The standard InChI is InChI=1S/C10H21NO/c1-8-4-9(2)6-11(5-8)10(3)7-12/h8-10,12H,4-7H2,1-3H3. The molecular weight excluding hydrogens is 150 g/mol. The summed E-state index contributed by atoms with van der Waals surface area (Å²) >= 11 is 0. The minimum atomic E-state index is 0.291. The fourth-order valence-electron chi connectivity index (χ4n) is 2.19. The van der Waals surface area contributed by atoms with Crippen LogP contribution in [0.5, 0.6) is 0 Å². The van der Waals surface area contributed by atoms with Crippen molar-refractivity contribution in [3.63, 3.8) is 0 Å². The number of likely N-dealkylation sites (tertiary alicyclic amines) is 1. The number of rotatable bonds is 2. The first-order chi connectivity index (χ1) is 5.63. The zero-order valence-electron chi connectivity index (χ0n) is 8.45. The molecule has 0 aliphatic carbocycles. The van der Waals surface area contributed by atoms with Crippen molar-refractivity contribution >= 4 is 0 Å². The Morgan fingerprint density at radius 3 is 2.25 bits per heavy atom. The predicted molar refractivity (Wildman–Crippen MR) is 51.1 cm³/mol. The smallest absolute Gasteiger partial charge is 0.0584 e. The third-order valence-electron chi connectivity index (χ3n) is 2.78. The van der Waals surface area contributed by atoms with Crippen LogP contribution in [0, 0.1) is 11.8 Å². The van der Waals surface area contributed by atoms with E-state index < -0.39 is 0 Å². The molecule has 0 amide bonds. The van der Waals surface area contributed by atoms with Gasteiger partial charge < -0.3 is 5.11 Å². The van der Waals surface area contributed by atoms with Gasteiger partial charge >= 0.3 is 0 Å². The maximum atomic E-state index is 9.02. The zero-order chi connectivity index (χ0) is 9.14. The van der Waals surface area contributed by atoms with E-state index in [9.17, 15) is 0 Å². The lowest BCUT2D eigenvalue weighted by Gasteiger charge is -2.38. The summed E-state index contributed by atoms with van der Waals surface area (Å²) in [5.74, 6) is 1.59. The van der Waals surface area contributed by atoms with Crippen molar-refractivity contribution in [2.45, 2.75) is 33.2 Å². The molecule has 0 spiro atoms. The Morgan fingerprint density at radius 1 is 1.33 bits per heavy atom. The molecule has 0 aromatic rings. The van der Waals surface area contributed by atoms with E-state index in [1.165, 1.54) is 6.42 Å². The van der Waals surface area contributed by atoms with Gasteiger partial charge in [-0.2, -0.15) is 0 Å². The molecule has 0 radical (unpaired) electrons. The van der Waals surface area contributed by atoms with Gasteiger partial charge in [0.1, 0.15) is 0 Å². The van der Waals surface area contributed by atoms with E-state index >= 15 is 0 Å². The molecular formula is C10H21NO. The van der Waals surface area contributed by atoms with Crippen LogP contribution in [0.15, 0.2) is 0 Å². The Labute approximate surface area is 75.6 Å². The van der Waals surface area contributed by atoms with Gasteiger partial charge in [0.15, 0.2) is 0 Å². The molecule has 0 aromatic carbocycles. The summed E-state index contributed by atoms with van der Waals surface area (Å²) in [5, 5.41) is 9.02. The quantitative estimate of drug-likeness (QED) is 0.678. The number of nitrogens with zero attached hydrogens (tertiary/aromatic N) is 1. The first-order valence-corrected chi connectivity index (χ1v) is 4.98. The van der Waals surface area contributed by atoms with Gasteiger partial charge in [0.2, 0.25) is 0 Å². The molecule has 72 valence electrons. The van der Waals surface area contributed by atoms with Crippen LogP contribution < -0.4 is 0 Å². The highest BCUT2D eigenvalue weighted by molar-refractivity contribution is 4.77. The monoisotopic (exact) mass is 171 g/mol. The van der Waals surface area contributed by atoms with Crippen LogP contribution in [0.4, 0.5) is 0 Å². The SMILES string of the molecule is CC1CC(C)CN(C(C)CO)C1. The van der Waals surface area contributed by atoms with Gasteiger partial charge in [0.05, 0.1) is 6.61 Å². The Bertz CT molecular complexity index is 128. The van der Waals surface area contributed by atoms with Gasteiger partial charge in [-0.25, -0.2) is 0 Å². The summed E-state index contributed by atoms with van der Waals surface area (Å²) < 4.78 is 0. The van der Waals surface area contributed by atoms with E-state index in [0.717, 1.165) is 24.9 Å². The summed E-state index contributed by atoms with van der Waals surface area (Å²) in [6, 6.07) is 0.343. The zero-order valence-corrected chi connectivity index (χ0v) is 8.45. The number of aliphatic hydroxyl groups excluding tert-OH is 1. The molecule has 1 aliphatic heterocycles. The molecule has 0 bridgehead atoms. The molecule has 3 atom stereocenters. The fourth-order valence-corrected chi connectivity index (χ4v) is 2.19. The van der Waals surface area contributed by atoms with Crippen LogP contribution in [-0.2, 0) is 0 Å². The summed E-state index contributed by atoms with van der Waals surface area (Å²) in [6.45, 7) is 9.31. The van der Waals surface area contributed by atoms with Crippen molar-refractivity contribution in [2.75, 3.05) is 19.7 Å². The third-order valence-corrected chi connectivity index (χ3v) is 2.78. The average Bonchev–Trinajstić information content (AvgIpc) is 2.01. The Balaban J connectivity index is 2.43. The highest BCUT2D eigenvalue weighted by Crippen LogP contribution is 2.22. The molecule has 2 nitrogen and oxygen atoms in total. The Hall–Kier alpha value is -0.0800. The molecule has 0 saturated carbocycles. The minimum Gasteiger partial charge on any atom is -0.395 e. The van der Waals surface area contributed by atoms with Crippen LogP contribution >= 0.6 is 0 Å². The Kier molecular flexibility index (Phi) is 3.53. The van der Waals surface area contributed by atoms with Crippen molar-refractivity contribution in [3.05, 3.63) is 0 Å². The first-order valence-electron chi connectivity index (χ1n) is 4.98. The lowest BCUT2D eigenvalue weighted by molar-refractivity contribution is 0.0699. The largest absolute Gasteiger partial charge is 0.395 e. The lowest BCUT2D eigenvalue weighted by atomic mass is 9.91. The van der Waals surface area contributed by atoms with Crippen molar-refractivity contribution < 1.29 is 5.11 Å². The molecule has 0 aromatic heterocycles. The van der Waals surface area contributed by atoms with Gasteiger partial charge in [0.25, 0.3) is 0 Å². The highest BCUT2D eigenvalue weighted by Gasteiger charge is 2.24. The molecule has 12 heavy (non-hydrogen) atoms. The van der Waals surface area contributed by atoms with Gasteiger partial charge in [0, 0.05) is 19.1 Å². The van der Waals surface area contributed by atoms with Crippen molar-refractivity contribution in [2.24, 2.45) is 11.8 Å². The van der Waals surface area contributed by atoms with E-state index in [0.29, 0.717) is 12.6 Å². The second-order valence-electron chi connectivity index (χ2n) is 4.43. The second-order valence-corrected chi connectivity index (χ2v) is 4.43. The molecule has 3 unspecified atom stereocenters. The van der Waals surface area contributed by atoms with Gasteiger partial charge in [-0.1, -0.05) is 13.8 Å². The summed E-state index contributed by atoms with van der Waals surface area (Å²) in [5.41, 5.74) is 0.